The third kappa shape index (κ3) is 3.40. The van der Waals surface area contributed by atoms with Gasteiger partial charge in [0.05, 0.1) is 23.5 Å². The minimum absolute atomic E-state index is 0.376. The van der Waals surface area contributed by atoms with Gasteiger partial charge in [-0.2, -0.15) is 18.4 Å². The third-order valence-electron chi connectivity index (χ3n) is 4.00. The first-order chi connectivity index (χ1) is 12.4. The summed E-state index contributed by atoms with van der Waals surface area (Å²) < 4.78 is 41.6. The number of hydrogen-bond donors (Lipinski definition) is 0. The van der Waals surface area contributed by atoms with Crippen LogP contribution in [0.25, 0.3) is 5.69 Å². The van der Waals surface area contributed by atoms with Gasteiger partial charge in [0.25, 0.3) is 0 Å². The lowest BCUT2D eigenvalue weighted by Crippen LogP contribution is -2.18. The first-order valence-electron chi connectivity index (χ1n) is 7.91. The maximum absolute atomic E-state index is 13.3. The van der Waals surface area contributed by atoms with Crippen molar-refractivity contribution in [3.05, 3.63) is 72.3 Å². The molecule has 0 amide bonds. The van der Waals surface area contributed by atoms with Crippen LogP contribution in [0.4, 0.5) is 24.5 Å². The molecule has 0 aliphatic rings. The number of alkyl halides is 3. The Morgan fingerprint density at radius 3 is 2.54 bits per heavy atom. The van der Waals surface area contributed by atoms with Crippen LogP contribution in [0.3, 0.4) is 0 Å². The molecule has 132 valence electrons. The molecule has 7 heteroatoms. The summed E-state index contributed by atoms with van der Waals surface area (Å²) in [5.41, 5.74) is 0.660. The molecule has 0 fully saturated rings. The van der Waals surface area contributed by atoms with E-state index in [1.54, 1.807) is 29.7 Å². The van der Waals surface area contributed by atoms with Gasteiger partial charge in [0.15, 0.2) is 0 Å². The SMILES string of the molecule is CCN(c1cccc(-n2ccnc2)c1)c1ccc(C#N)c(C(F)(F)F)c1. The standard InChI is InChI=1S/C19H15F3N4/c1-2-26(16-5-3-4-15(10-16)25-9-8-24-13-25)17-7-6-14(12-23)18(11-17)19(20,21)22/h3-11,13H,2H2,1H3. The van der Waals surface area contributed by atoms with E-state index < -0.39 is 11.7 Å². The van der Waals surface area contributed by atoms with E-state index in [-0.39, 0.29) is 5.56 Å². The first-order valence-corrected chi connectivity index (χ1v) is 7.91. The zero-order valence-electron chi connectivity index (χ0n) is 13.9. The molecule has 0 N–H and O–H groups in total. The average molecular weight is 356 g/mol. The van der Waals surface area contributed by atoms with Gasteiger partial charge in [-0.1, -0.05) is 6.07 Å². The van der Waals surface area contributed by atoms with Crippen LogP contribution in [0.15, 0.2) is 61.2 Å². The highest BCUT2D eigenvalue weighted by atomic mass is 19.4. The second-order valence-electron chi connectivity index (χ2n) is 5.57. The van der Waals surface area contributed by atoms with Crippen LogP contribution in [-0.2, 0) is 6.18 Å². The lowest BCUT2D eigenvalue weighted by molar-refractivity contribution is -0.137. The van der Waals surface area contributed by atoms with Crippen molar-refractivity contribution in [2.24, 2.45) is 0 Å². The molecule has 0 spiro atoms. The molecule has 26 heavy (non-hydrogen) atoms. The Labute approximate surface area is 148 Å². The number of anilines is 2. The summed E-state index contributed by atoms with van der Waals surface area (Å²) in [5, 5.41) is 8.96. The highest BCUT2D eigenvalue weighted by Crippen LogP contribution is 2.36. The Morgan fingerprint density at radius 2 is 1.92 bits per heavy atom. The van der Waals surface area contributed by atoms with Gasteiger partial charge in [-0.05, 0) is 43.3 Å². The number of aromatic nitrogens is 2. The number of benzene rings is 2. The molecular formula is C19H15F3N4. The van der Waals surface area contributed by atoms with Crippen molar-refractivity contribution in [3.63, 3.8) is 0 Å². The van der Waals surface area contributed by atoms with Crippen LogP contribution in [-0.4, -0.2) is 16.1 Å². The fourth-order valence-electron chi connectivity index (χ4n) is 2.78. The van der Waals surface area contributed by atoms with E-state index in [9.17, 15) is 13.2 Å². The van der Waals surface area contributed by atoms with Crippen LogP contribution in [0.5, 0.6) is 0 Å². The van der Waals surface area contributed by atoms with Gasteiger partial charge in [-0.25, -0.2) is 4.98 Å². The van der Waals surface area contributed by atoms with Crippen molar-refractivity contribution in [3.8, 4) is 11.8 Å². The Balaban J connectivity index is 2.05. The Hall–Kier alpha value is -3.27. The minimum atomic E-state index is -4.58. The Kier molecular flexibility index (Phi) is 4.67. The molecule has 0 aliphatic heterocycles. The Morgan fingerprint density at radius 1 is 1.15 bits per heavy atom. The summed E-state index contributed by atoms with van der Waals surface area (Å²) in [4.78, 5) is 5.76. The predicted octanol–water partition coefficient (Wildman–Crippen LogP) is 4.92. The summed E-state index contributed by atoms with van der Waals surface area (Å²) in [7, 11) is 0. The van der Waals surface area contributed by atoms with Crippen molar-refractivity contribution in [1.82, 2.24) is 9.55 Å². The van der Waals surface area contributed by atoms with Crippen molar-refractivity contribution in [2.45, 2.75) is 13.1 Å². The maximum Gasteiger partial charge on any atom is 0.417 e. The molecule has 0 unspecified atom stereocenters. The van der Waals surface area contributed by atoms with Gasteiger partial charge in [0.1, 0.15) is 0 Å². The summed E-state index contributed by atoms with van der Waals surface area (Å²) in [5.74, 6) is 0. The smallest absolute Gasteiger partial charge is 0.342 e. The van der Waals surface area contributed by atoms with Crippen LogP contribution < -0.4 is 4.90 Å². The molecule has 2 aromatic carbocycles. The fourth-order valence-corrected chi connectivity index (χ4v) is 2.78. The molecule has 0 radical (unpaired) electrons. The lowest BCUT2D eigenvalue weighted by atomic mass is 10.1. The van der Waals surface area contributed by atoms with Crippen LogP contribution in [0.1, 0.15) is 18.1 Å². The largest absolute Gasteiger partial charge is 0.417 e. The van der Waals surface area contributed by atoms with E-state index in [4.69, 9.17) is 5.26 Å². The molecule has 0 atom stereocenters. The van der Waals surface area contributed by atoms with Gasteiger partial charge in [0, 0.05) is 36.0 Å². The predicted molar refractivity (Wildman–Crippen MR) is 92.4 cm³/mol. The number of imidazole rings is 1. The number of rotatable bonds is 4. The molecule has 3 aromatic rings. The van der Waals surface area contributed by atoms with E-state index in [1.807, 2.05) is 35.8 Å². The summed E-state index contributed by atoms with van der Waals surface area (Å²) in [6.45, 7) is 2.33. The molecule has 0 saturated carbocycles. The van der Waals surface area contributed by atoms with Crippen molar-refractivity contribution in [2.75, 3.05) is 11.4 Å². The van der Waals surface area contributed by atoms with Crippen LogP contribution in [0.2, 0.25) is 0 Å². The summed E-state index contributed by atoms with van der Waals surface area (Å²) in [6.07, 6.45) is 0.511. The molecule has 4 nitrogen and oxygen atoms in total. The van der Waals surface area contributed by atoms with E-state index in [1.165, 1.54) is 12.1 Å². The maximum atomic E-state index is 13.3. The van der Waals surface area contributed by atoms with E-state index in [0.29, 0.717) is 12.2 Å². The molecule has 0 aliphatic carbocycles. The summed E-state index contributed by atoms with van der Waals surface area (Å²) >= 11 is 0. The zero-order valence-corrected chi connectivity index (χ0v) is 13.9. The van der Waals surface area contributed by atoms with E-state index in [0.717, 1.165) is 17.4 Å². The van der Waals surface area contributed by atoms with Gasteiger partial charge in [-0.15, -0.1) is 0 Å². The van der Waals surface area contributed by atoms with Crippen LogP contribution >= 0.6 is 0 Å². The molecular weight excluding hydrogens is 341 g/mol. The van der Waals surface area contributed by atoms with Gasteiger partial charge in [-0.3, -0.25) is 0 Å². The Bertz CT molecular complexity index is 940. The normalized spacial score (nSPS) is 11.2. The number of hydrogen-bond acceptors (Lipinski definition) is 3. The molecule has 3 rings (SSSR count). The fraction of sp³-hybridized carbons (Fsp3) is 0.158. The molecule has 1 aromatic heterocycles. The average Bonchev–Trinajstić information content (AvgIpc) is 3.16. The second kappa shape index (κ2) is 6.92. The highest BCUT2D eigenvalue weighted by molar-refractivity contribution is 5.67. The zero-order chi connectivity index (χ0) is 18.7. The highest BCUT2D eigenvalue weighted by Gasteiger charge is 2.34. The first kappa shape index (κ1) is 17.5. The van der Waals surface area contributed by atoms with Crippen LogP contribution in [0, 0.1) is 11.3 Å². The quantitative estimate of drug-likeness (QED) is 0.666. The van der Waals surface area contributed by atoms with Crippen molar-refractivity contribution >= 4 is 11.4 Å². The molecule has 1 heterocycles. The minimum Gasteiger partial charge on any atom is -0.342 e. The monoisotopic (exact) mass is 356 g/mol. The van der Waals surface area contributed by atoms with E-state index in [2.05, 4.69) is 4.98 Å². The van der Waals surface area contributed by atoms with Gasteiger partial charge < -0.3 is 9.47 Å². The van der Waals surface area contributed by atoms with E-state index >= 15 is 0 Å². The van der Waals surface area contributed by atoms with Crippen molar-refractivity contribution < 1.29 is 13.2 Å². The molecule has 0 saturated heterocycles. The number of nitrogens with zero attached hydrogens (tertiary/aromatic N) is 4. The number of nitriles is 1. The van der Waals surface area contributed by atoms with Gasteiger partial charge >= 0.3 is 6.18 Å². The number of halogens is 3. The molecule has 0 bridgehead atoms. The topological polar surface area (TPSA) is 44.9 Å². The van der Waals surface area contributed by atoms with Gasteiger partial charge in [0.2, 0.25) is 0 Å². The second-order valence-corrected chi connectivity index (χ2v) is 5.57. The summed E-state index contributed by atoms with van der Waals surface area (Å²) in [6, 6.07) is 12.8. The lowest BCUT2D eigenvalue weighted by Gasteiger charge is -2.25. The third-order valence-corrected chi connectivity index (χ3v) is 4.00. The van der Waals surface area contributed by atoms with Crippen molar-refractivity contribution in [1.29, 1.82) is 5.26 Å².